The van der Waals surface area contributed by atoms with E-state index in [-0.39, 0.29) is 11.8 Å². The highest BCUT2D eigenvalue weighted by atomic mass is 79.9. The van der Waals surface area contributed by atoms with Gasteiger partial charge in [0.2, 0.25) is 0 Å². The van der Waals surface area contributed by atoms with Crippen LogP contribution in [0.25, 0.3) is 0 Å². The van der Waals surface area contributed by atoms with Crippen molar-refractivity contribution < 1.29 is 14.6 Å². The van der Waals surface area contributed by atoms with Crippen LogP contribution in [0.4, 0.5) is 0 Å². The quantitative estimate of drug-likeness (QED) is 0.909. The summed E-state index contributed by atoms with van der Waals surface area (Å²) in [5.41, 5.74) is 0.0755. The van der Waals surface area contributed by atoms with Gasteiger partial charge in [0.25, 0.3) is 0 Å². The molecule has 1 aliphatic rings. The van der Waals surface area contributed by atoms with E-state index in [2.05, 4.69) is 27.4 Å². The molecule has 5 heteroatoms. The minimum Gasteiger partial charge on any atom is -0.481 e. The van der Waals surface area contributed by atoms with Crippen LogP contribution in [0.5, 0.6) is 0 Å². The van der Waals surface area contributed by atoms with Gasteiger partial charge in [0.1, 0.15) is 0 Å². The molecule has 1 aromatic rings. The fourth-order valence-corrected chi connectivity index (χ4v) is 3.56. The number of aliphatic carboxylic acids is 1. The lowest BCUT2D eigenvalue weighted by atomic mass is 9.79. The Labute approximate surface area is 107 Å². The molecule has 0 unspecified atom stereocenters. The second-order valence-electron chi connectivity index (χ2n) is 4.15. The number of thiophene rings is 1. The first-order valence-electron chi connectivity index (χ1n) is 5.16. The van der Waals surface area contributed by atoms with E-state index >= 15 is 0 Å². The maximum Gasteiger partial charge on any atom is 0.303 e. The molecule has 0 radical (unpaired) electrons. The first kappa shape index (κ1) is 12.1. The third-order valence-electron chi connectivity index (χ3n) is 2.89. The molecule has 1 saturated heterocycles. The predicted octanol–water partition coefficient (Wildman–Crippen LogP) is 3.03. The number of halogens is 1. The van der Waals surface area contributed by atoms with E-state index in [1.165, 1.54) is 4.88 Å². The largest absolute Gasteiger partial charge is 0.481 e. The van der Waals surface area contributed by atoms with Gasteiger partial charge in [-0.05, 0) is 34.8 Å². The molecule has 2 heterocycles. The number of hydrogen-bond acceptors (Lipinski definition) is 3. The minimum absolute atomic E-state index is 0.0755. The summed E-state index contributed by atoms with van der Waals surface area (Å²) in [7, 11) is 0. The first-order valence-corrected chi connectivity index (χ1v) is 6.84. The summed E-state index contributed by atoms with van der Waals surface area (Å²) >= 11 is 5.16. The first-order chi connectivity index (χ1) is 7.62. The van der Waals surface area contributed by atoms with Crippen LogP contribution in [0.1, 0.15) is 24.1 Å². The molecular weight excluding hydrogens is 292 g/mol. The summed E-state index contributed by atoms with van der Waals surface area (Å²) in [6, 6.07) is 2.12. The Morgan fingerprint density at radius 1 is 1.62 bits per heavy atom. The average molecular weight is 305 g/mol. The van der Waals surface area contributed by atoms with Crippen molar-refractivity contribution >= 4 is 33.2 Å². The number of carboxylic acids is 1. The van der Waals surface area contributed by atoms with Crippen LogP contribution < -0.4 is 0 Å². The Kier molecular flexibility index (Phi) is 3.66. The van der Waals surface area contributed by atoms with E-state index in [1.54, 1.807) is 11.3 Å². The van der Waals surface area contributed by atoms with Crippen LogP contribution in [0, 0.1) is 0 Å². The third kappa shape index (κ3) is 2.47. The van der Waals surface area contributed by atoms with Gasteiger partial charge < -0.3 is 9.84 Å². The van der Waals surface area contributed by atoms with Crippen LogP contribution >= 0.6 is 27.3 Å². The molecule has 1 N–H and O–H groups in total. The minimum atomic E-state index is -0.720. The monoisotopic (exact) mass is 304 g/mol. The number of carboxylic acid groups (broad SMARTS) is 1. The third-order valence-corrected chi connectivity index (χ3v) is 4.83. The second-order valence-corrected chi connectivity index (χ2v) is 5.98. The van der Waals surface area contributed by atoms with Gasteiger partial charge in [0.05, 0.1) is 18.6 Å². The van der Waals surface area contributed by atoms with E-state index in [9.17, 15) is 4.79 Å². The van der Waals surface area contributed by atoms with Crippen molar-refractivity contribution in [3.63, 3.8) is 0 Å². The van der Waals surface area contributed by atoms with Gasteiger partial charge in [0.15, 0.2) is 0 Å². The molecule has 1 fully saturated rings. The molecule has 1 aliphatic heterocycles. The molecule has 0 amide bonds. The van der Waals surface area contributed by atoms with E-state index in [0.29, 0.717) is 6.42 Å². The summed E-state index contributed by atoms with van der Waals surface area (Å²) in [4.78, 5) is 11.8. The Bertz CT molecular complexity index is 384. The predicted molar refractivity (Wildman–Crippen MR) is 66.0 cm³/mol. The van der Waals surface area contributed by atoms with Gasteiger partial charge in [-0.1, -0.05) is 0 Å². The van der Waals surface area contributed by atoms with Crippen molar-refractivity contribution in [1.29, 1.82) is 0 Å². The average Bonchev–Trinajstić information content (AvgIpc) is 2.56. The highest BCUT2D eigenvalue weighted by Gasteiger charge is 2.40. The van der Waals surface area contributed by atoms with Crippen molar-refractivity contribution in [3.8, 4) is 0 Å². The Morgan fingerprint density at radius 3 is 2.81 bits per heavy atom. The molecule has 0 aromatic carbocycles. The summed E-state index contributed by atoms with van der Waals surface area (Å²) in [5.74, 6) is -0.720. The lowest BCUT2D eigenvalue weighted by Gasteiger charge is -2.41. The molecule has 16 heavy (non-hydrogen) atoms. The van der Waals surface area contributed by atoms with Crippen LogP contribution in [-0.2, 0) is 14.9 Å². The van der Waals surface area contributed by atoms with Crippen molar-refractivity contribution in [3.05, 3.63) is 20.8 Å². The number of rotatable bonds is 5. The molecule has 2 rings (SSSR count). The van der Waals surface area contributed by atoms with Crippen LogP contribution in [0.15, 0.2) is 15.9 Å². The van der Waals surface area contributed by atoms with Gasteiger partial charge in [0, 0.05) is 21.2 Å². The van der Waals surface area contributed by atoms with Gasteiger partial charge in [-0.3, -0.25) is 4.79 Å². The molecule has 1 aromatic heterocycles. The molecule has 0 saturated carbocycles. The van der Waals surface area contributed by atoms with Gasteiger partial charge >= 0.3 is 5.97 Å². The smallest absolute Gasteiger partial charge is 0.303 e. The molecule has 0 atom stereocenters. The van der Waals surface area contributed by atoms with Crippen molar-refractivity contribution in [2.75, 3.05) is 13.2 Å². The summed E-state index contributed by atoms with van der Waals surface area (Å²) in [5, 5.41) is 10.7. The number of carbonyl (C=O) groups is 1. The summed E-state index contributed by atoms with van der Waals surface area (Å²) < 4.78 is 6.40. The fraction of sp³-hybridized carbons (Fsp3) is 0.545. The van der Waals surface area contributed by atoms with Crippen LogP contribution in [0.3, 0.4) is 0 Å². The topological polar surface area (TPSA) is 46.5 Å². The highest BCUT2D eigenvalue weighted by Crippen LogP contribution is 2.41. The van der Waals surface area contributed by atoms with Crippen molar-refractivity contribution in [2.24, 2.45) is 0 Å². The van der Waals surface area contributed by atoms with Gasteiger partial charge in [-0.15, -0.1) is 11.3 Å². The van der Waals surface area contributed by atoms with Gasteiger partial charge in [-0.2, -0.15) is 0 Å². The molecule has 3 nitrogen and oxygen atoms in total. The van der Waals surface area contributed by atoms with Crippen molar-refractivity contribution in [1.82, 2.24) is 0 Å². The zero-order chi connectivity index (χ0) is 11.6. The number of ether oxygens (including phenoxy) is 1. The zero-order valence-electron chi connectivity index (χ0n) is 8.74. The Hall–Kier alpha value is -0.390. The fourth-order valence-electron chi connectivity index (χ4n) is 1.93. The van der Waals surface area contributed by atoms with E-state index in [4.69, 9.17) is 9.84 Å². The lowest BCUT2D eigenvalue weighted by Crippen LogP contribution is -2.46. The van der Waals surface area contributed by atoms with E-state index in [1.807, 2.05) is 0 Å². The number of hydrogen-bond donors (Lipinski definition) is 1. The van der Waals surface area contributed by atoms with Crippen LogP contribution in [-0.4, -0.2) is 24.3 Å². The molecule has 0 spiro atoms. The standard InChI is InChI=1S/C11H13BrO3S/c12-8-4-9(16-5-8)11(6-15-7-11)3-1-2-10(13)14/h4-5H,1-3,6-7H2,(H,13,14). The van der Waals surface area contributed by atoms with Crippen molar-refractivity contribution in [2.45, 2.75) is 24.7 Å². The summed E-state index contributed by atoms with van der Waals surface area (Å²) in [6.45, 7) is 1.44. The maximum atomic E-state index is 10.5. The molecule has 0 aliphatic carbocycles. The molecule has 0 bridgehead atoms. The SMILES string of the molecule is O=C(O)CCCC1(c2cc(Br)cs2)COC1. The summed E-state index contributed by atoms with van der Waals surface area (Å²) in [6.07, 6.45) is 1.86. The lowest BCUT2D eigenvalue weighted by molar-refractivity contribution is -0.137. The van der Waals surface area contributed by atoms with Gasteiger partial charge in [-0.25, -0.2) is 0 Å². The maximum absolute atomic E-state index is 10.5. The zero-order valence-corrected chi connectivity index (χ0v) is 11.1. The van der Waals surface area contributed by atoms with Crippen LogP contribution in [0.2, 0.25) is 0 Å². The molecular formula is C11H13BrO3S. The van der Waals surface area contributed by atoms with E-state index in [0.717, 1.165) is 24.1 Å². The Morgan fingerprint density at radius 2 is 2.38 bits per heavy atom. The molecule has 88 valence electrons. The van der Waals surface area contributed by atoms with E-state index < -0.39 is 5.97 Å². The highest BCUT2D eigenvalue weighted by molar-refractivity contribution is 9.10. The second kappa shape index (κ2) is 4.85. The Balaban J connectivity index is 1.99. The normalized spacial score (nSPS) is 18.1.